The van der Waals surface area contributed by atoms with Gasteiger partial charge in [0, 0.05) is 44.4 Å². The molecule has 1 aromatic rings. The van der Waals surface area contributed by atoms with Gasteiger partial charge in [-0.3, -0.25) is 4.90 Å². The van der Waals surface area contributed by atoms with Gasteiger partial charge in [-0.05, 0) is 19.5 Å². The zero-order valence-corrected chi connectivity index (χ0v) is 11.9. The predicted molar refractivity (Wildman–Crippen MR) is 76.7 cm³/mol. The number of hydrogen-bond donors (Lipinski definition) is 1. The molecule has 0 atom stereocenters. The first kappa shape index (κ1) is 14.2. The summed E-state index contributed by atoms with van der Waals surface area (Å²) in [5, 5.41) is 10.1. The van der Waals surface area contributed by atoms with Gasteiger partial charge in [-0.2, -0.15) is 0 Å². The maximum absolute atomic E-state index is 10.1. The zero-order chi connectivity index (χ0) is 13.7. The number of hydrogen-bond acceptors (Lipinski definition) is 4. The van der Waals surface area contributed by atoms with Gasteiger partial charge >= 0.3 is 0 Å². The molecule has 0 bridgehead atoms. The Labute approximate surface area is 115 Å². The molecule has 1 aliphatic heterocycles. The molecule has 106 valence electrons. The highest BCUT2D eigenvalue weighted by Gasteiger charge is 2.15. The van der Waals surface area contributed by atoms with Gasteiger partial charge in [-0.15, -0.1) is 0 Å². The minimum atomic E-state index is 0.340. The largest absolute Gasteiger partial charge is 0.507 e. The van der Waals surface area contributed by atoms with Gasteiger partial charge in [0.15, 0.2) is 0 Å². The summed E-state index contributed by atoms with van der Waals surface area (Å²) in [7, 11) is 2.15. The fourth-order valence-corrected chi connectivity index (χ4v) is 2.23. The molecule has 0 saturated carbocycles. The third-order valence-corrected chi connectivity index (χ3v) is 3.52. The van der Waals surface area contributed by atoms with Crippen molar-refractivity contribution >= 4 is 0 Å². The fourth-order valence-electron chi connectivity index (χ4n) is 2.23. The van der Waals surface area contributed by atoms with E-state index >= 15 is 0 Å². The summed E-state index contributed by atoms with van der Waals surface area (Å²) in [5.41, 5.74) is 0.980. The Morgan fingerprint density at radius 2 is 1.95 bits per heavy atom. The average molecular weight is 264 g/mol. The summed E-state index contributed by atoms with van der Waals surface area (Å²) in [4.78, 5) is 4.71. The van der Waals surface area contributed by atoms with Crippen molar-refractivity contribution in [1.29, 1.82) is 0 Å². The smallest absolute Gasteiger partial charge is 0.123 e. The first-order chi connectivity index (χ1) is 9.19. The molecule has 19 heavy (non-hydrogen) atoms. The number of aromatic hydroxyl groups is 1. The zero-order valence-electron chi connectivity index (χ0n) is 11.9. The van der Waals surface area contributed by atoms with Gasteiger partial charge in [0.1, 0.15) is 11.5 Å². The van der Waals surface area contributed by atoms with Crippen LogP contribution in [0, 0.1) is 0 Å². The Bertz CT molecular complexity index is 401. The maximum Gasteiger partial charge on any atom is 0.123 e. The summed E-state index contributed by atoms with van der Waals surface area (Å²) in [6.45, 7) is 7.89. The number of phenolic OH excluding ortho intramolecular Hbond substituents is 1. The van der Waals surface area contributed by atoms with E-state index in [9.17, 15) is 5.11 Å². The second kappa shape index (κ2) is 6.78. The molecule has 0 radical (unpaired) electrons. The van der Waals surface area contributed by atoms with E-state index in [2.05, 4.69) is 23.8 Å². The number of benzene rings is 1. The van der Waals surface area contributed by atoms with E-state index in [0.29, 0.717) is 12.4 Å². The summed E-state index contributed by atoms with van der Waals surface area (Å²) >= 11 is 0. The fraction of sp³-hybridized carbons (Fsp3) is 0.600. The minimum absolute atomic E-state index is 0.340. The summed E-state index contributed by atoms with van der Waals surface area (Å²) in [5.74, 6) is 1.09. The summed E-state index contributed by atoms with van der Waals surface area (Å²) < 4.78 is 5.51. The first-order valence-electron chi connectivity index (χ1n) is 7.04. The second-order valence-electron chi connectivity index (χ2n) is 5.22. The third kappa shape index (κ3) is 4.11. The Morgan fingerprint density at radius 3 is 2.58 bits per heavy atom. The van der Waals surface area contributed by atoms with Crippen molar-refractivity contribution in [2.24, 2.45) is 0 Å². The lowest BCUT2D eigenvalue weighted by Gasteiger charge is -2.32. The van der Waals surface area contributed by atoms with Crippen LogP contribution >= 0.6 is 0 Å². The van der Waals surface area contributed by atoms with E-state index in [1.54, 1.807) is 6.07 Å². The van der Waals surface area contributed by atoms with Crippen LogP contribution in [0.4, 0.5) is 0 Å². The van der Waals surface area contributed by atoms with Crippen LogP contribution in [0.5, 0.6) is 11.5 Å². The van der Waals surface area contributed by atoms with Gasteiger partial charge < -0.3 is 14.7 Å². The highest BCUT2D eigenvalue weighted by atomic mass is 16.5. The number of ether oxygens (including phenoxy) is 1. The molecule has 0 spiro atoms. The quantitative estimate of drug-likeness (QED) is 0.881. The van der Waals surface area contributed by atoms with Crippen LogP contribution < -0.4 is 4.74 Å². The number of rotatable bonds is 5. The molecule has 1 aliphatic rings. The van der Waals surface area contributed by atoms with E-state index in [-0.39, 0.29) is 0 Å². The molecule has 2 rings (SSSR count). The number of phenols is 1. The third-order valence-electron chi connectivity index (χ3n) is 3.52. The molecule has 0 amide bonds. The highest BCUT2D eigenvalue weighted by molar-refractivity contribution is 5.39. The molecule has 1 saturated heterocycles. The van der Waals surface area contributed by atoms with Crippen molar-refractivity contribution in [1.82, 2.24) is 9.80 Å². The Morgan fingerprint density at radius 1 is 1.21 bits per heavy atom. The van der Waals surface area contributed by atoms with Gasteiger partial charge in [0.05, 0.1) is 6.61 Å². The predicted octanol–water partition coefficient (Wildman–Crippen LogP) is 1.93. The van der Waals surface area contributed by atoms with Crippen molar-refractivity contribution in [2.45, 2.75) is 19.9 Å². The van der Waals surface area contributed by atoms with E-state index in [1.807, 2.05) is 12.1 Å². The van der Waals surface area contributed by atoms with Crippen molar-refractivity contribution < 1.29 is 9.84 Å². The molecular formula is C15H24N2O2. The molecule has 0 aliphatic carbocycles. The monoisotopic (exact) mass is 264 g/mol. The molecular weight excluding hydrogens is 240 g/mol. The highest BCUT2D eigenvalue weighted by Crippen LogP contribution is 2.25. The van der Waals surface area contributed by atoms with Crippen LogP contribution in [0.1, 0.15) is 18.9 Å². The van der Waals surface area contributed by atoms with Gasteiger partial charge in [0.2, 0.25) is 0 Å². The van der Waals surface area contributed by atoms with Crippen LogP contribution in [0.2, 0.25) is 0 Å². The molecule has 0 aromatic heterocycles. The molecule has 4 nitrogen and oxygen atoms in total. The van der Waals surface area contributed by atoms with Crippen molar-refractivity contribution in [3.8, 4) is 11.5 Å². The van der Waals surface area contributed by atoms with Crippen LogP contribution in [0.3, 0.4) is 0 Å². The lowest BCUT2D eigenvalue weighted by atomic mass is 10.1. The topological polar surface area (TPSA) is 35.9 Å². The molecule has 1 aromatic carbocycles. The lowest BCUT2D eigenvalue weighted by molar-refractivity contribution is 0.147. The molecule has 4 heteroatoms. The normalized spacial score (nSPS) is 17.6. The minimum Gasteiger partial charge on any atom is -0.507 e. The van der Waals surface area contributed by atoms with E-state index < -0.39 is 0 Å². The molecule has 1 fully saturated rings. The molecule has 1 heterocycles. The van der Waals surface area contributed by atoms with Crippen molar-refractivity contribution in [3.63, 3.8) is 0 Å². The summed E-state index contributed by atoms with van der Waals surface area (Å²) in [6, 6.07) is 5.64. The second-order valence-corrected chi connectivity index (χ2v) is 5.22. The lowest BCUT2D eigenvalue weighted by Crippen LogP contribution is -2.43. The van der Waals surface area contributed by atoms with Crippen LogP contribution in [-0.4, -0.2) is 54.7 Å². The average Bonchev–Trinajstić information content (AvgIpc) is 2.41. The molecule has 1 N–H and O–H groups in total. The number of likely N-dealkylation sites (N-methyl/N-ethyl adjacent to an activating group) is 1. The van der Waals surface area contributed by atoms with Gasteiger partial charge in [-0.1, -0.05) is 13.0 Å². The number of nitrogens with zero attached hydrogens (tertiary/aromatic N) is 2. The van der Waals surface area contributed by atoms with Crippen LogP contribution in [0.15, 0.2) is 18.2 Å². The molecule has 0 unspecified atom stereocenters. The maximum atomic E-state index is 10.1. The van der Waals surface area contributed by atoms with Crippen LogP contribution in [0.25, 0.3) is 0 Å². The number of piperazine rings is 1. The SMILES string of the molecule is CCCOc1ccc(CN2CCN(C)CC2)c(O)c1. The first-order valence-corrected chi connectivity index (χ1v) is 7.04. The summed E-state index contributed by atoms with van der Waals surface area (Å²) in [6.07, 6.45) is 0.976. The Balaban J connectivity index is 1.93. The Kier molecular flexibility index (Phi) is 5.05. The van der Waals surface area contributed by atoms with E-state index in [1.165, 1.54) is 0 Å². The standard InChI is InChI=1S/C15H24N2O2/c1-3-10-19-14-5-4-13(15(18)11-14)12-17-8-6-16(2)7-9-17/h4-5,11,18H,3,6-10,12H2,1-2H3. The van der Waals surface area contributed by atoms with E-state index in [4.69, 9.17) is 4.74 Å². The Hall–Kier alpha value is -1.26. The van der Waals surface area contributed by atoms with E-state index in [0.717, 1.165) is 50.5 Å². The van der Waals surface area contributed by atoms with Gasteiger partial charge in [-0.25, -0.2) is 0 Å². The van der Waals surface area contributed by atoms with Crippen molar-refractivity contribution in [3.05, 3.63) is 23.8 Å². The van der Waals surface area contributed by atoms with Gasteiger partial charge in [0.25, 0.3) is 0 Å². The van der Waals surface area contributed by atoms with Crippen molar-refractivity contribution in [2.75, 3.05) is 39.8 Å². The van der Waals surface area contributed by atoms with Crippen LogP contribution in [-0.2, 0) is 6.54 Å².